The molecule has 1 aliphatic carbocycles. The summed E-state index contributed by atoms with van der Waals surface area (Å²) in [5, 5.41) is 20.7. The van der Waals surface area contributed by atoms with Gasteiger partial charge in [0.15, 0.2) is 11.3 Å². The van der Waals surface area contributed by atoms with Gasteiger partial charge in [-0.2, -0.15) is 9.61 Å². The van der Waals surface area contributed by atoms with Crippen LogP contribution in [0.3, 0.4) is 0 Å². The van der Waals surface area contributed by atoms with Gasteiger partial charge in [0.2, 0.25) is 5.88 Å². The highest BCUT2D eigenvalue weighted by atomic mass is 16.5. The van der Waals surface area contributed by atoms with E-state index in [1.54, 1.807) is 0 Å². The van der Waals surface area contributed by atoms with Crippen molar-refractivity contribution in [1.29, 1.82) is 0 Å². The predicted molar refractivity (Wildman–Crippen MR) is 125 cm³/mol. The average Bonchev–Trinajstić information content (AvgIpc) is 3.47. The second kappa shape index (κ2) is 9.75. The Bertz CT molecular complexity index is 1120. The molecule has 4 rings (SSSR count). The molecule has 0 aromatic carbocycles. The second-order valence-corrected chi connectivity index (χ2v) is 10.3. The van der Waals surface area contributed by atoms with Crippen LogP contribution in [0, 0.1) is 5.41 Å². The lowest BCUT2D eigenvalue weighted by molar-refractivity contribution is 0.0374. The molecule has 11 nitrogen and oxygen atoms in total. The van der Waals surface area contributed by atoms with Crippen LogP contribution < -0.4 is 16.2 Å². The Morgan fingerprint density at radius 1 is 1.21 bits per heavy atom. The summed E-state index contributed by atoms with van der Waals surface area (Å²) < 4.78 is 7.86. The number of aromatic hydroxyl groups is 1. The summed E-state index contributed by atoms with van der Waals surface area (Å²) in [5.41, 5.74) is -1.06. The van der Waals surface area contributed by atoms with E-state index in [4.69, 9.17) is 4.74 Å². The van der Waals surface area contributed by atoms with E-state index >= 15 is 0 Å². The van der Waals surface area contributed by atoms with Crippen molar-refractivity contribution in [2.24, 2.45) is 5.41 Å². The largest absolute Gasteiger partial charge is 0.494 e. The summed E-state index contributed by atoms with van der Waals surface area (Å²) in [4.78, 5) is 40.9. The Kier molecular flexibility index (Phi) is 6.94. The molecule has 0 atom stereocenters. The number of morpholine rings is 1. The molecular weight excluding hydrogens is 440 g/mol. The van der Waals surface area contributed by atoms with Crippen molar-refractivity contribution < 1.29 is 19.4 Å². The summed E-state index contributed by atoms with van der Waals surface area (Å²) in [7, 11) is 0. The number of ether oxygens (including phenoxy) is 1. The number of fused-ring (bicyclic) bond motifs is 1. The van der Waals surface area contributed by atoms with Crippen LogP contribution >= 0.6 is 0 Å². The Morgan fingerprint density at radius 2 is 1.91 bits per heavy atom. The molecule has 2 amide bonds. The second-order valence-electron chi connectivity index (χ2n) is 10.3. The number of carbonyl (C=O) groups is 2. The zero-order valence-electron chi connectivity index (χ0n) is 20.1. The molecule has 1 saturated heterocycles. The monoisotopic (exact) mass is 474 g/mol. The van der Waals surface area contributed by atoms with Crippen molar-refractivity contribution in [1.82, 2.24) is 29.7 Å². The smallest absolute Gasteiger partial charge is 0.291 e. The third-order valence-electron chi connectivity index (χ3n) is 5.90. The van der Waals surface area contributed by atoms with E-state index < -0.39 is 23.3 Å². The van der Waals surface area contributed by atoms with Crippen LogP contribution in [0.1, 0.15) is 60.9 Å². The highest BCUT2D eigenvalue weighted by Crippen LogP contribution is 2.26. The van der Waals surface area contributed by atoms with Gasteiger partial charge >= 0.3 is 0 Å². The standard InChI is InChI=1S/C23H34N6O5/c1-23(2,3)14-28-17-13-16(19(30)24-7-4-8-27-9-11-34-12-10-27)26-29(17)22(33)18(21(28)32)20(31)25-15-5-6-15/h13,15,32H,4-12,14H2,1-3H3,(H,24,30)(H,25,31). The Morgan fingerprint density at radius 3 is 2.56 bits per heavy atom. The normalized spacial score (nSPS) is 17.1. The van der Waals surface area contributed by atoms with Gasteiger partial charge in [-0.05, 0) is 31.2 Å². The zero-order chi connectivity index (χ0) is 24.5. The van der Waals surface area contributed by atoms with Gasteiger partial charge in [0.1, 0.15) is 5.65 Å². The highest BCUT2D eigenvalue weighted by molar-refractivity contribution is 5.97. The van der Waals surface area contributed by atoms with Crippen molar-refractivity contribution in [2.45, 2.75) is 52.6 Å². The van der Waals surface area contributed by atoms with Gasteiger partial charge in [0, 0.05) is 38.3 Å². The van der Waals surface area contributed by atoms with E-state index in [1.807, 2.05) is 20.8 Å². The summed E-state index contributed by atoms with van der Waals surface area (Å²) in [5.74, 6) is -1.45. The van der Waals surface area contributed by atoms with Crippen LogP contribution in [-0.4, -0.2) is 81.4 Å². The van der Waals surface area contributed by atoms with Crippen molar-refractivity contribution in [2.75, 3.05) is 39.4 Å². The summed E-state index contributed by atoms with van der Waals surface area (Å²) in [6, 6.07) is 1.50. The molecule has 2 aromatic heterocycles. The molecule has 11 heteroatoms. The lowest BCUT2D eigenvalue weighted by atomic mass is 9.96. The maximum absolute atomic E-state index is 13.1. The van der Waals surface area contributed by atoms with E-state index in [0.717, 1.165) is 56.6 Å². The lowest BCUT2D eigenvalue weighted by Crippen LogP contribution is -2.38. The first-order chi connectivity index (χ1) is 16.1. The Balaban J connectivity index is 1.57. The minimum Gasteiger partial charge on any atom is -0.494 e. The number of aromatic nitrogens is 3. The quantitative estimate of drug-likeness (QED) is 0.478. The molecule has 0 bridgehead atoms. The first kappa shape index (κ1) is 24.2. The van der Waals surface area contributed by atoms with Gasteiger partial charge in [0.05, 0.1) is 13.2 Å². The summed E-state index contributed by atoms with van der Waals surface area (Å²) >= 11 is 0. The maximum atomic E-state index is 13.1. The van der Waals surface area contributed by atoms with Gasteiger partial charge in [-0.1, -0.05) is 20.8 Å². The number of carbonyl (C=O) groups excluding carboxylic acids is 2. The van der Waals surface area contributed by atoms with Gasteiger partial charge in [-0.3, -0.25) is 23.9 Å². The van der Waals surface area contributed by atoms with Crippen molar-refractivity contribution in [3.63, 3.8) is 0 Å². The molecule has 2 aliphatic rings. The third-order valence-corrected chi connectivity index (χ3v) is 5.90. The molecule has 186 valence electrons. The SMILES string of the molecule is CC(C)(C)Cn1c(O)c(C(=O)NC2CC2)c(=O)n2nc(C(=O)NCCCN3CCOCC3)cc12. The molecule has 1 aliphatic heterocycles. The molecule has 0 unspecified atom stereocenters. The number of hydrogen-bond donors (Lipinski definition) is 3. The summed E-state index contributed by atoms with van der Waals surface area (Å²) in [6.07, 6.45) is 2.48. The van der Waals surface area contributed by atoms with E-state index in [9.17, 15) is 19.5 Å². The molecule has 2 aromatic rings. The van der Waals surface area contributed by atoms with E-state index in [0.29, 0.717) is 13.1 Å². The minimum absolute atomic E-state index is 0.0227. The number of hydrogen-bond acceptors (Lipinski definition) is 7. The molecule has 0 radical (unpaired) electrons. The Hall–Kier alpha value is -2.92. The van der Waals surface area contributed by atoms with Crippen LogP contribution in [0.5, 0.6) is 5.88 Å². The van der Waals surface area contributed by atoms with Crippen LogP contribution in [0.4, 0.5) is 0 Å². The minimum atomic E-state index is -0.748. The van der Waals surface area contributed by atoms with Crippen LogP contribution in [0.2, 0.25) is 0 Å². The first-order valence-electron chi connectivity index (χ1n) is 11.9. The molecule has 2 fully saturated rings. The predicted octanol–water partition coefficient (Wildman–Crippen LogP) is 0.592. The number of rotatable bonds is 8. The van der Waals surface area contributed by atoms with Gasteiger partial charge < -0.3 is 20.5 Å². The highest BCUT2D eigenvalue weighted by Gasteiger charge is 2.30. The van der Waals surface area contributed by atoms with Gasteiger partial charge in [-0.25, -0.2) is 0 Å². The molecule has 3 heterocycles. The Labute approximate surface area is 198 Å². The van der Waals surface area contributed by atoms with Gasteiger partial charge in [-0.15, -0.1) is 0 Å². The molecule has 34 heavy (non-hydrogen) atoms. The number of nitrogens with zero attached hydrogens (tertiary/aromatic N) is 4. The van der Waals surface area contributed by atoms with Crippen molar-refractivity contribution >= 4 is 17.5 Å². The fraction of sp³-hybridized carbons (Fsp3) is 0.652. The van der Waals surface area contributed by atoms with Gasteiger partial charge in [0.25, 0.3) is 17.4 Å². The molecule has 0 spiro atoms. The van der Waals surface area contributed by atoms with E-state index in [-0.39, 0.29) is 28.4 Å². The zero-order valence-corrected chi connectivity index (χ0v) is 20.1. The lowest BCUT2D eigenvalue weighted by Gasteiger charge is -2.26. The first-order valence-corrected chi connectivity index (χ1v) is 11.9. The maximum Gasteiger partial charge on any atom is 0.291 e. The fourth-order valence-corrected chi connectivity index (χ4v) is 4.00. The number of amides is 2. The van der Waals surface area contributed by atoms with Crippen molar-refractivity contribution in [3.8, 4) is 5.88 Å². The average molecular weight is 475 g/mol. The molecule has 1 saturated carbocycles. The van der Waals surface area contributed by atoms with Crippen LogP contribution in [0.25, 0.3) is 5.65 Å². The summed E-state index contributed by atoms with van der Waals surface area (Å²) in [6.45, 7) is 10.8. The third kappa shape index (κ3) is 5.58. The number of nitrogens with one attached hydrogen (secondary N) is 2. The van der Waals surface area contributed by atoms with Crippen molar-refractivity contribution in [3.05, 3.63) is 27.7 Å². The van der Waals surface area contributed by atoms with Crippen LogP contribution in [0.15, 0.2) is 10.9 Å². The van der Waals surface area contributed by atoms with E-state index in [2.05, 4.69) is 20.6 Å². The molecule has 3 N–H and O–H groups in total. The topological polar surface area (TPSA) is 130 Å². The van der Waals surface area contributed by atoms with Crippen LogP contribution in [-0.2, 0) is 11.3 Å². The van der Waals surface area contributed by atoms with E-state index in [1.165, 1.54) is 10.6 Å². The fourth-order valence-electron chi connectivity index (χ4n) is 4.00. The molecular formula is C23H34N6O5.